The minimum atomic E-state index is -4.48. The van der Waals surface area contributed by atoms with Gasteiger partial charge >= 0.3 is 6.18 Å². The molecule has 0 unspecified atom stereocenters. The van der Waals surface area contributed by atoms with Crippen LogP contribution in [0.15, 0.2) is 22.7 Å². The third-order valence-corrected chi connectivity index (χ3v) is 3.47. The molecule has 98 valence electrons. The van der Waals surface area contributed by atoms with Crippen LogP contribution in [0.2, 0.25) is 0 Å². The van der Waals surface area contributed by atoms with Crippen LogP contribution >= 0.6 is 15.9 Å². The third-order valence-electron chi connectivity index (χ3n) is 2.83. The number of rotatable bonds is 2. The summed E-state index contributed by atoms with van der Waals surface area (Å²) in [7, 11) is 0. The van der Waals surface area contributed by atoms with Crippen LogP contribution in [0, 0.1) is 5.82 Å². The number of nitrogens with one attached hydrogen (secondary N) is 1. The van der Waals surface area contributed by atoms with Gasteiger partial charge in [0.05, 0.1) is 4.47 Å². The van der Waals surface area contributed by atoms with E-state index >= 15 is 0 Å². The zero-order chi connectivity index (χ0) is 13.6. The molecule has 1 fully saturated rings. The molecule has 0 bridgehead atoms. The molecule has 1 aliphatic rings. The number of amides is 1. The number of carbonyl (C=O) groups excluding carboxylic acids is 1. The Bertz CT molecular complexity index is 496. The van der Waals surface area contributed by atoms with Crippen molar-refractivity contribution in [1.29, 1.82) is 0 Å². The maximum Gasteiger partial charge on any atom is 0.411 e. The molecule has 0 spiro atoms. The van der Waals surface area contributed by atoms with Crippen molar-refractivity contribution in [2.75, 3.05) is 0 Å². The van der Waals surface area contributed by atoms with Gasteiger partial charge in [0.1, 0.15) is 11.4 Å². The van der Waals surface area contributed by atoms with Gasteiger partial charge in [0, 0.05) is 5.56 Å². The van der Waals surface area contributed by atoms with Gasteiger partial charge in [0.2, 0.25) is 0 Å². The summed E-state index contributed by atoms with van der Waals surface area (Å²) in [4.78, 5) is 11.6. The van der Waals surface area contributed by atoms with Crippen LogP contribution in [0.4, 0.5) is 17.6 Å². The second-order valence-electron chi connectivity index (χ2n) is 4.16. The summed E-state index contributed by atoms with van der Waals surface area (Å²) in [6.07, 6.45) is -4.75. The molecule has 18 heavy (non-hydrogen) atoms. The molecule has 0 heterocycles. The van der Waals surface area contributed by atoms with Gasteiger partial charge in [-0.2, -0.15) is 13.2 Å². The van der Waals surface area contributed by atoms with Crippen molar-refractivity contribution in [3.05, 3.63) is 34.1 Å². The highest BCUT2D eigenvalue weighted by molar-refractivity contribution is 9.10. The molecule has 1 amide bonds. The quantitative estimate of drug-likeness (QED) is 0.829. The van der Waals surface area contributed by atoms with E-state index in [1.807, 2.05) is 5.32 Å². The van der Waals surface area contributed by atoms with Crippen LogP contribution in [0.25, 0.3) is 0 Å². The SMILES string of the molecule is O=C(NC1(C(F)(F)F)CC1)c1ccc(Br)c(F)c1. The summed E-state index contributed by atoms with van der Waals surface area (Å²) in [5.41, 5.74) is -2.26. The predicted molar refractivity (Wildman–Crippen MR) is 59.6 cm³/mol. The van der Waals surface area contributed by atoms with E-state index in [1.165, 1.54) is 12.1 Å². The molecule has 0 radical (unpaired) electrons. The van der Waals surface area contributed by atoms with Gasteiger partial charge in [0.25, 0.3) is 5.91 Å². The Labute approximate surface area is 108 Å². The van der Waals surface area contributed by atoms with Crippen molar-refractivity contribution < 1.29 is 22.4 Å². The molecular weight excluding hydrogens is 318 g/mol. The predicted octanol–water partition coefficient (Wildman–Crippen LogP) is 3.41. The van der Waals surface area contributed by atoms with Gasteiger partial charge < -0.3 is 5.32 Å². The number of alkyl halides is 3. The molecule has 7 heteroatoms. The van der Waals surface area contributed by atoms with Crippen LogP contribution in [0.1, 0.15) is 23.2 Å². The maximum atomic E-state index is 13.2. The first-order valence-corrected chi connectivity index (χ1v) is 5.89. The Morgan fingerprint density at radius 1 is 1.33 bits per heavy atom. The van der Waals surface area contributed by atoms with Gasteiger partial charge in [-0.25, -0.2) is 4.39 Å². The monoisotopic (exact) mass is 325 g/mol. The Morgan fingerprint density at radius 2 is 1.94 bits per heavy atom. The number of hydrogen-bond acceptors (Lipinski definition) is 1. The Hall–Kier alpha value is -1.11. The van der Waals surface area contributed by atoms with Crippen LogP contribution in [-0.4, -0.2) is 17.6 Å². The standard InChI is InChI=1S/C11H8BrF4NO/c12-7-2-1-6(5-8(7)13)9(18)17-10(3-4-10)11(14,15)16/h1-2,5H,3-4H2,(H,17,18). The molecule has 0 aromatic heterocycles. The van der Waals surface area contributed by atoms with Crippen molar-refractivity contribution in [3.63, 3.8) is 0 Å². The van der Waals surface area contributed by atoms with Crippen molar-refractivity contribution in [3.8, 4) is 0 Å². The first kappa shape index (κ1) is 13.3. The van der Waals surface area contributed by atoms with E-state index in [1.54, 1.807) is 0 Å². The van der Waals surface area contributed by atoms with Gasteiger partial charge in [-0.15, -0.1) is 0 Å². The normalized spacial score (nSPS) is 17.4. The number of hydrogen-bond donors (Lipinski definition) is 1. The summed E-state index contributed by atoms with van der Waals surface area (Å²) in [6, 6.07) is 3.43. The first-order valence-electron chi connectivity index (χ1n) is 5.09. The lowest BCUT2D eigenvalue weighted by molar-refractivity contribution is -0.163. The fourth-order valence-corrected chi connectivity index (χ4v) is 1.78. The van der Waals surface area contributed by atoms with E-state index in [-0.39, 0.29) is 22.9 Å². The Morgan fingerprint density at radius 3 is 2.39 bits per heavy atom. The van der Waals surface area contributed by atoms with Crippen molar-refractivity contribution in [2.24, 2.45) is 0 Å². The van der Waals surface area contributed by atoms with E-state index in [0.29, 0.717) is 0 Å². The molecule has 1 N–H and O–H groups in total. The highest BCUT2D eigenvalue weighted by atomic mass is 79.9. The lowest BCUT2D eigenvalue weighted by atomic mass is 10.1. The average Bonchev–Trinajstić information content (AvgIpc) is 3.02. The number of carbonyl (C=O) groups is 1. The van der Waals surface area contributed by atoms with Crippen molar-refractivity contribution in [2.45, 2.75) is 24.6 Å². The van der Waals surface area contributed by atoms with E-state index in [9.17, 15) is 22.4 Å². The summed E-state index contributed by atoms with van der Waals surface area (Å²) in [5.74, 6) is -1.62. The van der Waals surface area contributed by atoms with Crippen LogP contribution in [0.5, 0.6) is 0 Å². The second-order valence-corrected chi connectivity index (χ2v) is 5.02. The number of halogens is 5. The highest BCUT2D eigenvalue weighted by Crippen LogP contribution is 2.49. The van der Waals surface area contributed by atoms with Gasteiger partial charge in [-0.1, -0.05) is 0 Å². The van der Waals surface area contributed by atoms with E-state index in [4.69, 9.17) is 0 Å². The topological polar surface area (TPSA) is 29.1 Å². The summed E-state index contributed by atoms with van der Waals surface area (Å²) < 4.78 is 51.2. The maximum absolute atomic E-state index is 13.2. The molecule has 0 saturated heterocycles. The summed E-state index contributed by atoms with van der Waals surface area (Å²) in [5, 5.41) is 1.92. The molecule has 0 atom stereocenters. The van der Waals surface area contributed by atoms with Crippen LogP contribution < -0.4 is 5.32 Å². The van der Waals surface area contributed by atoms with E-state index < -0.39 is 23.4 Å². The lowest BCUT2D eigenvalue weighted by Crippen LogP contribution is -2.47. The second kappa shape index (κ2) is 4.22. The molecule has 2 rings (SSSR count). The molecule has 1 aliphatic carbocycles. The molecule has 2 nitrogen and oxygen atoms in total. The van der Waals surface area contributed by atoms with Crippen molar-refractivity contribution in [1.82, 2.24) is 5.32 Å². The largest absolute Gasteiger partial charge is 0.411 e. The Kier molecular flexibility index (Phi) is 3.12. The minimum Gasteiger partial charge on any atom is -0.338 e. The minimum absolute atomic E-state index is 0.133. The zero-order valence-electron chi connectivity index (χ0n) is 8.94. The fourth-order valence-electron chi connectivity index (χ4n) is 1.53. The average molecular weight is 326 g/mol. The molecule has 1 saturated carbocycles. The molecule has 0 aliphatic heterocycles. The van der Waals surface area contributed by atoms with Gasteiger partial charge in [0.15, 0.2) is 0 Å². The summed E-state index contributed by atoms with van der Waals surface area (Å²) in [6.45, 7) is 0. The van der Waals surface area contributed by atoms with Crippen LogP contribution in [0.3, 0.4) is 0 Å². The number of benzene rings is 1. The first-order chi connectivity index (χ1) is 8.25. The molecule has 1 aromatic rings. The summed E-state index contributed by atoms with van der Waals surface area (Å²) >= 11 is 2.90. The Balaban J connectivity index is 2.16. The van der Waals surface area contributed by atoms with Crippen molar-refractivity contribution >= 4 is 21.8 Å². The smallest absolute Gasteiger partial charge is 0.338 e. The van der Waals surface area contributed by atoms with E-state index in [2.05, 4.69) is 15.9 Å². The van der Waals surface area contributed by atoms with E-state index in [0.717, 1.165) is 6.07 Å². The molecular formula is C11H8BrF4NO. The van der Waals surface area contributed by atoms with Gasteiger partial charge in [-0.05, 0) is 47.0 Å². The highest BCUT2D eigenvalue weighted by Gasteiger charge is 2.64. The fraction of sp³-hybridized carbons (Fsp3) is 0.364. The third kappa shape index (κ3) is 2.36. The lowest BCUT2D eigenvalue weighted by Gasteiger charge is -2.20. The van der Waals surface area contributed by atoms with Gasteiger partial charge in [-0.3, -0.25) is 4.79 Å². The molecule has 1 aromatic carbocycles. The zero-order valence-corrected chi connectivity index (χ0v) is 10.5. The van der Waals surface area contributed by atoms with Crippen LogP contribution in [-0.2, 0) is 0 Å².